The lowest BCUT2D eigenvalue weighted by molar-refractivity contribution is -0.126. The minimum atomic E-state index is -0.496. The molecule has 1 heterocycles. The molecule has 1 aliphatic heterocycles. The molecule has 116 valence electrons. The average Bonchev–Trinajstić information content (AvgIpc) is 2.34. The zero-order valence-corrected chi connectivity index (χ0v) is 13.4. The summed E-state index contributed by atoms with van der Waals surface area (Å²) in [5, 5.41) is 2.94. The van der Waals surface area contributed by atoms with Crippen LogP contribution in [0.15, 0.2) is 0 Å². The zero-order valence-electron chi connectivity index (χ0n) is 13.4. The molecule has 0 aromatic heterocycles. The highest BCUT2D eigenvalue weighted by Crippen LogP contribution is 2.19. The van der Waals surface area contributed by atoms with Crippen molar-refractivity contribution in [2.75, 3.05) is 19.6 Å². The summed E-state index contributed by atoms with van der Waals surface area (Å²) in [5.41, 5.74) is -0.496. The molecule has 5 heteroatoms. The Kier molecular flexibility index (Phi) is 5.84. The van der Waals surface area contributed by atoms with Crippen LogP contribution in [0.25, 0.3) is 0 Å². The average molecular weight is 284 g/mol. The van der Waals surface area contributed by atoms with Gasteiger partial charge in [-0.1, -0.05) is 13.8 Å². The SMILES string of the molecule is CC(C)CNC(=O)[C@@H]1CCCN(C(=O)OC(C)(C)C)C1. The first-order chi connectivity index (χ1) is 9.19. The van der Waals surface area contributed by atoms with Gasteiger partial charge in [0.05, 0.1) is 5.92 Å². The first-order valence-corrected chi connectivity index (χ1v) is 7.44. The van der Waals surface area contributed by atoms with Gasteiger partial charge in [-0.15, -0.1) is 0 Å². The molecule has 1 N–H and O–H groups in total. The number of nitrogens with one attached hydrogen (secondary N) is 1. The summed E-state index contributed by atoms with van der Waals surface area (Å²) in [7, 11) is 0. The van der Waals surface area contributed by atoms with Gasteiger partial charge in [-0.25, -0.2) is 4.79 Å². The lowest BCUT2D eigenvalue weighted by Gasteiger charge is -2.33. The third kappa shape index (κ3) is 5.80. The number of likely N-dealkylation sites (tertiary alicyclic amines) is 1. The summed E-state index contributed by atoms with van der Waals surface area (Å²) in [5.74, 6) is 0.367. The van der Waals surface area contributed by atoms with E-state index < -0.39 is 5.60 Å². The number of piperidine rings is 1. The number of carbonyl (C=O) groups is 2. The molecule has 1 atom stereocenters. The molecule has 1 rings (SSSR count). The normalized spacial score (nSPS) is 19.9. The molecule has 2 amide bonds. The number of rotatable bonds is 3. The number of amides is 2. The van der Waals surface area contributed by atoms with Gasteiger partial charge in [-0.2, -0.15) is 0 Å². The summed E-state index contributed by atoms with van der Waals surface area (Å²) in [4.78, 5) is 25.7. The lowest BCUT2D eigenvalue weighted by atomic mass is 9.97. The van der Waals surface area contributed by atoms with Crippen LogP contribution in [0, 0.1) is 11.8 Å². The molecule has 0 spiro atoms. The number of carbonyl (C=O) groups excluding carboxylic acids is 2. The Labute approximate surface area is 122 Å². The van der Waals surface area contributed by atoms with E-state index in [4.69, 9.17) is 4.74 Å². The molecule has 1 saturated heterocycles. The molecule has 0 aliphatic carbocycles. The molecule has 0 aromatic rings. The van der Waals surface area contributed by atoms with Gasteiger partial charge in [0.2, 0.25) is 5.91 Å². The van der Waals surface area contributed by atoms with Crippen LogP contribution in [0.1, 0.15) is 47.5 Å². The number of hydrogen-bond donors (Lipinski definition) is 1. The van der Waals surface area contributed by atoms with E-state index in [0.29, 0.717) is 25.6 Å². The fourth-order valence-corrected chi connectivity index (χ4v) is 2.13. The van der Waals surface area contributed by atoms with E-state index in [0.717, 1.165) is 12.8 Å². The summed E-state index contributed by atoms with van der Waals surface area (Å²) >= 11 is 0. The van der Waals surface area contributed by atoms with Gasteiger partial charge in [0, 0.05) is 19.6 Å². The molecule has 0 saturated carbocycles. The Morgan fingerprint density at radius 1 is 1.35 bits per heavy atom. The highest BCUT2D eigenvalue weighted by molar-refractivity contribution is 5.80. The Morgan fingerprint density at radius 2 is 2.00 bits per heavy atom. The monoisotopic (exact) mass is 284 g/mol. The fraction of sp³-hybridized carbons (Fsp3) is 0.867. The van der Waals surface area contributed by atoms with Gasteiger partial charge in [0.15, 0.2) is 0 Å². The Balaban J connectivity index is 2.49. The summed E-state index contributed by atoms with van der Waals surface area (Å²) < 4.78 is 5.36. The molecular formula is C15H28N2O3. The molecule has 0 aromatic carbocycles. The second-order valence-electron chi connectivity index (χ2n) is 6.90. The minimum Gasteiger partial charge on any atom is -0.444 e. The standard InChI is InChI=1S/C15H28N2O3/c1-11(2)9-16-13(18)12-7-6-8-17(10-12)14(19)20-15(3,4)5/h11-12H,6-10H2,1-5H3,(H,16,18)/t12-/m1/s1. The predicted octanol–water partition coefficient (Wildman–Crippen LogP) is 2.41. The highest BCUT2D eigenvalue weighted by Gasteiger charge is 2.30. The molecule has 1 aliphatic rings. The maximum atomic E-state index is 12.1. The van der Waals surface area contributed by atoms with Crippen LogP contribution in [-0.4, -0.2) is 42.1 Å². The van der Waals surface area contributed by atoms with Crippen molar-refractivity contribution in [1.82, 2.24) is 10.2 Å². The van der Waals surface area contributed by atoms with Gasteiger partial charge in [-0.05, 0) is 39.5 Å². The van der Waals surface area contributed by atoms with Gasteiger partial charge in [-0.3, -0.25) is 4.79 Å². The fourth-order valence-electron chi connectivity index (χ4n) is 2.13. The molecule has 1 fully saturated rings. The molecule has 0 bridgehead atoms. The maximum Gasteiger partial charge on any atom is 0.410 e. The van der Waals surface area contributed by atoms with Crippen molar-refractivity contribution < 1.29 is 14.3 Å². The Bertz CT molecular complexity index is 348. The van der Waals surface area contributed by atoms with Crippen LogP contribution in [-0.2, 0) is 9.53 Å². The predicted molar refractivity (Wildman–Crippen MR) is 78.4 cm³/mol. The van der Waals surface area contributed by atoms with E-state index in [2.05, 4.69) is 19.2 Å². The van der Waals surface area contributed by atoms with Crippen molar-refractivity contribution in [2.45, 2.75) is 53.1 Å². The molecule has 0 unspecified atom stereocenters. The van der Waals surface area contributed by atoms with E-state index >= 15 is 0 Å². The van der Waals surface area contributed by atoms with Crippen LogP contribution < -0.4 is 5.32 Å². The van der Waals surface area contributed by atoms with Crippen LogP contribution in [0.3, 0.4) is 0 Å². The van der Waals surface area contributed by atoms with Gasteiger partial charge < -0.3 is 15.0 Å². The van der Waals surface area contributed by atoms with E-state index in [1.807, 2.05) is 20.8 Å². The van der Waals surface area contributed by atoms with Crippen LogP contribution >= 0.6 is 0 Å². The van der Waals surface area contributed by atoms with Gasteiger partial charge >= 0.3 is 6.09 Å². The van der Waals surface area contributed by atoms with Crippen molar-refractivity contribution in [1.29, 1.82) is 0 Å². The van der Waals surface area contributed by atoms with Gasteiger partial charge in [0.25, 0.3) is 0 Å². The summed E-state index contributed by atoms with van der Waals surface area (Å²) in [6.07, 6.45) is 1.36. The van der Waals surface area contributed by atoms with E-state index in [-0.39, 0.29) is 17.9 Å². The van der Waals surface area contributed by atoms with Gasteiger partial charge in [0.1, 0.15) is 5.60 Å². The maximum absolute atomic E-state index is 12.1. The summed E-state index contributed by atoms with van der Waals surface area (Å²) in [6, 6.07) is 0. The lowest BCUT2D eigenvalue weighted by Crippen LogP contribution is -2.47. The van der Waals surface area contributed by atoms with E-state index in [1.54, 1.807) is 4.90 Å². The first kappa shape index (κ1) is 16.8. The number of nitrogens with zero attached hydrogens (tertiary/aromatic N) is 1. The number of ether oxygens (including phenoxy) is 1. The number of hydrogen-bond acceptors (Lipinski definition) is 3. The second kappa shape index (κ2) is 6.95. The molecular weight excluding hydrogens is 256 g/mol. The van der Waals surface area contributed by atoms with Crippen molar-refractivity contribution in [3.8, 4) is 0 Å². The smallest absolute Gasteiger partial charge is 0.410 e. The minimum absolute atomic E-state index is 0.0481. The quantitative estimate of drug-likeness (QED) is 0.865. The largest absolute Gasteiger partial charge is 0.444 e. The van der Waals surface area contributed by atoms with Crippen molar-refractivity contribution in [3.05, 3.63) is 0 Å². The van der Waals surface area contributed by atoms with Crippen LogP contribution in [0.4, 0.5) is 4.79 Å². The highest BCUT2D eigenvalue weighted by atomic mass is 16.6. The van der Waals surface area contributed by atoms with E-state index in [1.165, 1.54) is 0 Å². The van der Waals surface area contributed by atoms with Crippen LogP contribution in [0.5, 0.6) is 0 Å². The third-order valence-corrected chi connectivity index (χ3v) is 3.13. The zero-order chi connectivity index (χ0) is 15.3. The second-order valence-corrected chi connectivity index (χ2v) is 6.90. The molecule has 20 heavy (non-hydrogen) atoms. The van der Waals surface area contributed by atoms with Crippen molar-refractivity contribution >= 4 is 12.0 Å². The van der Waals surface area contributed by atoms with Crippen molar-refractivity contribution in [3.63, 3.8) is 0 Å². The third-order valence-electron chi connectivity index (χ3n) is 3.13. The Hall–Kier alpha value is -1.26. The van der Waals surface area contributed by atoms with Crippen molar-refractivity contribution in [2.24, 2.45) is 11.8 Å². The first-order valence-electron chi connectivity index (χ1n) is 7.44. The molecule has 5 nitrogen and oxygen atoms in total. The topological polar surface area (TPSA) is 58.6 Å². The van der Waals surface area contributed by atoms with Crippen LogP contribution in [0.2, 0.25) is 0 Å². The molecule has 0 radical (unpaired) electrons. The van der Waals surface area contributed by atoms with E-state index in [9.17, 15) is 9.59 Å². The Morgan fingerprint density at radius 3 is 2.55 bits per heavy atom. The summed E-state index contributed by atoms with van der Waals surface area (Å²) in [6.45, 7) is 11.5.